The summed E-state index contributed by atoms with van der Waals surface area (Å²) in [5.41, 5.74) is 9.59. The highest BCUT2D eigenvalue weighted by atomic mass is 16.6. The highest BCUT2D eigenvalue weighted by Crippen LogP contribution is 2.23. The van der Waals surface area contributed by atoms with Crippen molar-refractivity contribution >= 4 is 22.9 Å². The maximum atomic E-state index is 12.9. The number of aromatic amines is 1. The van der Waals surface area contributed by atoms with Crippen molar-refractivity contribution in [3.8, 4) is 0 Å². The molecule has 2 aromatic carbocycles. The molecule has 1 aliphatic rings. The van der Waals surface area contributed by atoms with Gasteiger partial charge in [-0.3, -0.25) is 4.79 Å². The summed E-state index contributed by atoms with van der Waals surface area (Å²) in [4.78, 5) is 36.2. The monoisotopic (exact) mass is 473 g/mol. The summed E-state index contributed by atoms with van der Waals surface area (Å²) in [6.45, 7) is 1.79. The van der Waals surface area contributed by atoms with Crippen molar-refractivity contribution in [1.29, 1.82) is 0 Å². The Bertz CT molecular complexity index is 1310. The van der Waals surface area contributed by atoms with Gasteiger partial charge in [0.15, 0.2) is 5.69 Å². The molecule has 0 bridgehead atoms. The second kappa shape index (κ2) is 10.0. The van der Waals surface area contributed by atoms with E-state index in [1.807, 2.05) is 60.8 Å². The molecule has 2 amide bonds. The van der Waals surface area contributed by atoms with Gasteiger partial charge >= 0.3 is 6.09 Å². The number of benzene rings is 2. The van der Waals surface area contributed by atoms with Gasteiger partial charge in [0.2, 0.25) is 5.89 Å². The minimum Gasteiger partial charge on any atom is -0.446 e. The number of ether oxygens (including phenoxy) is 1. The lowest BCUT2D eigenvalue weighted by Gasteiger charge is -2.33. The number of piperazine rings is 1. The summed E-state index contributed by atoms with van der Waals surface area (Å²) in [6.07, 6.45) is 3.44. The number of amides is 2. The van der Waals surface area contributed by atoms with Gasteiger partial charge in [-0.1, -0.05) is 48.5 Å². The Kier molecular flexibility index (Phi) is 6.49. The lowest BCUT2D eigenvalue weighted by Crippen LogP contribution is -2.50. The minimum absolute atomic E-state index is 0.217. The number of carbonyl (C=O) groups is 2. The average molecular weight is 474 g/mol. The van der Waals surface area contributed by atoms with Crippen LogP contribution in [0.25, 0.3) is 10.9 Å². The molecule has 9 nitrogen and oxygen atoms in total. The van der Waals surface area contributed by atoms with Gasteiger partial charge in [0, 0.05) is 43.3 Å². The van der Waals surface area contributed by atoms with E-state index in [0.717, 1.165) is 22.0 Å². The predicted molar refractivity (Wildman–Crippen MR) is 130 cm³/mol. The van der Waals surface area contributed by atoms with Crippen molar-refractivity contribution in [1.82, 2.24) is 19.8 Å². The largest absolute Gasteiger partial charge is 0.446 e. The molecular weight excluding hydrogens is 446 g/mol. The minimum atomic E-state index is -0.480. The summed E-state index contributed by atoms with van der Waals surface area (Å²) in [5.74, 6) is 0.0818. The SMILES string of the molecule is NC(Cc1c[nH]c2ccccc12)c1nc(C(=O)N2CCN(C(=O)OCc3ccccc3)CC2)co1. The molecule has 0 saturated carbocycles. The zero-order valence-electron chi connectivity index (χ0n) is 19.2. The molecule has 2 aromatic heterocycles. The van der Waals surface area contributed by atoms with Crippen LogP contribution >= 0.6 is 0 Å². The Labute approximate surface area is 202 Å². The summed E-state index contributed by atoms with van der Waals surface area (Å²) < 4.78 is 10.9. The maximum Gasteiger partial charge on any atom is 0.410 e. The Morgan fingerprint density at radius 3 is 2.54 bits per heavy atom. The smallest absolute Gasteiger partial charge is 0.410 e. The number of carbonyl (C=O) groups excluding carboxylic acids is 2. The third-order valence-corrected chi connectivity index (χ3v) is 6.20. The highest BCUT2D eigenvalue weighted by molar-refractivity contribution is 5.92. The van der Waals surface area contributed by atoms with Crippen LogP contribution in [0.1, 0.15) is 33.5 Å². The predicted octanol–water partition coefficient (Wildman–Crippen LogP) is 3.49. The zero-order valence-corrected chi connectivity index (χ0v) is 19.2. The molecule has 4 aromatic rings. The second-order valence-corrected chi connectivity index (χ2v) is 8.56. The third kappa shape index (κ3) is 5.04. The van der Waals surface area contributed by atoms with Crippen LogP contribution in [0.2, 0.25) is 0 Å². The molecule has 0 radical (unpaired) electrons. The average Bonchev–Trinajstić information content (AvgIpc) is 3.56. The summed E-state index contributed by atoms with van der Waals surface area (Å²) >= 11 is 0. The first-order chi connectivity index (χ1) is 17.1. The number of hydrogen-bond donors (Lipinski definition) is 2. The van der Waals surface area contributed by atoms with Gasteiger partial charge in [0.05, 0.1) is 6.04 Å². The molecule has 5 rings (SSSR count). The fraction of sp³-hybridized carbons (Fsp3) is 0.269. The fourth-order valence-electron chi connectivity index (χ4n) is 4.25. The van der Waals surface area contributed by atoms with E-state index < -0.39 is 6.04 Å². The van der Waals surface area contributed by atoms with Gasteiger partial charge in [0.1, 0.15) is 12.9 Å². The summed E-state index contributed by atoms with van der Waals surface area (Å²) in [5, 5.41) is 1.10. The second-order valence-electron chi connectivity index (χ2n) is 8.56. The molecule has 1 atom stereocenters. The quantitative estimate of drug-likeness (QED) is 0.443. The number of H-pyrrole nitrogens is 1. The molecule has 0 aliphatic carbocycles. The molecule has 180 valence electrons. The Hall–Kier alpha value is -4.11. The van der Waals surface area contributed by atoms with Gasteiger partial charge in [-0.05, 0) is 23.6 Å². The van der Waals surface area contributed by atoms with E-state index in [1.54, 1.807) is 9.80 Å². The van der Waals surface area contributed by atoms with Crippen LogP contribution in [0.4, 0.5) is 4.79 Å². The van der Waals surface area contributed by atoms with Crippen LogP contribution < -0.4 is 5.73 Å². The van der Waals surface area contributed by atoms with Crippen molar-refractivity contribution < 1.29 is 18.7 Å². The van der Waals surface area contributed by atoms with E-state index in [1.165, 1.54) is 6.26 Å². The van der Waals surface area contributed by atoms with Crippen molar-refractivity contribution in [3.05, 3.63) is 89.8 Å². The molecule has 3 heterocycles. The molecule has 1 unspecified atom stereocenters. The van der Waals surface area contributed by atoms with Crippen LogP contribution in [-0.2, 0) is 17.8 Å². The van der Waals surface area contributed by atoms with E-state index in [-0.39, 0.29) is 24.3 Å². The number of oxazole rings is 1. The number of para-hydroxylation sites is 1. The first-order valence-electron chi connectivity index (χ1n) is 11.6. The molecule has 1 saturated heterocycles. The van der Waals surface area contributed by atoms with Crippen LogP contribution in [0.5, 0.6) is 0 Å². The molecule has 3 N–H and O–H groups in total. The molecule has 0 spiro atoms. The van der Waals surface area contributed by atoms with Crippen LogP contribution in [-0.4, -0.2) is 57.9 Å². The number of nitrogens with one attached hydrogen (secondary N) is 1. The van der Waals surface area contributed by atoms with Crippen molar-refractivity contribution in [2.24, 2.45) is 5.73 Å². The van der Waals surface area contributed by atoms with Crippen LogP contribution in [0.15, 0.2) is 71.5 Å². The Balaban J connectivity index is 1.14. The number of nitrogens with zero attached hydrogens (tertiary/aromatic N) is 3. The lowest BCUT2D eigenvalue weighted by atomic mass is 10.1. The highest BCUT2D eigenvalue weighted by Gasteiger charge is 2.28. The first-order valence-corrected chi connectivity index (χ1v) is 11.6. The van der Waals surface area contributed by atoms with Crippen molar-refractivity contribution in [2.75, 3.05) is 26.2 Å². The molecule has 1 fully saturated rings. The van der Waals surface area contributed by atoms with Crippen molar-refractivity contribution in [3.63, 3.8) is 0 Å². The molecule has 1 aliphatic heterocycles. The Morgan fingerprint density at radius 2 is 1.74 bits per heavy atom. The number of rotatable bonds is 6. The lowest BCUT2D eigenvalue weighted by molar-refractivity contribution is 0.0539. The number of fused-ring (bicyclic) bond motifs is 1. The summed E-state index contributed by atoms with van der Waals surface area (Å²) in [7, 11) is 0. The van der Waals surface area contributed by atoms with Gasteiger partial charge in [0.25, 0.3) is 5.91 Å². The molecular formula is C26H27N5O4. The van der Waals surface area contributed by atoms with E-state index in [0.29, 0.717) is 38.5 Å². The molecule has 9 heteroatoms. The first kappa shape index (κ1) is 22.7. The van der Waals surface area contributed by atoms with E-state index in [4.69, 9.17) is 14.9 Å². The zero-order chi connectivity index (χ0) is 24.2. The topological polar surface area (TPSA) is 118 Å². The maximum absolute atomic E-state index is 12.9. The number of hydrogen-bond acceptors (Lipinski definition) is 6. The normalized spacial score (nSPS) is 14.8. The standard InChI is InChI=1S/C26H27N5O4/c27-21(14-19-15-28-22-9-5-4-8-20(19)22)24-29-23(17-34-24)25(32)30-10-12-31(13-11-30)26(33)35-16-18-6-2-1-3-7-18/h1-9,15,17,21,28H,10-14,16,27H2. The summed E-state index contributed by atoms with van der Waals surface area (Å²) in [6, 6.07) is 17.0. The molecule has 35 heavy (non-hydrogen) atoms. The number of nitrogens with two attached hydrogens (primary N) is 1. The van der Waals surface area contributed by atoms with Gasteiger partial charge in [-0.25, -0.2) is 9.78 Å². The van der Waals surface area contributed by atoms with Crippen molar-refractivity contribution in [2.45, 2.75) is 19.1 Å². The van der Waals surface area contributed by atoms with Gasteiger partial charge in [-0.15, -0.1) is 0 Å². The Morgan fingerprint density at radius 1 is 1.03 bits per heavy atom. The third-order valence-electron chi connectivity index (χ3n) is 6.20. The van der Waals surface area contributed by atoms with E-state index >= 15 is 0 Å². The van der Waals surface area contributed by atoms with E-state index in [9.17, 15) is 9.59 Å². The fourth-order valence-corrected chi connectivity index (χ4v) is 4.25. The van der Waals surface area contributed by atoms with Gasteiger partial charge in [-0.2, -0.15) is 0 Å². The van der Waals surface area contributed by atoms with Crippen LogP contribution in [0.3, 0.4) is 0 Å². The van der Waals surface area contributed by atoms with Crippen LogP contribution in [0, 0.1) is 0 Å². The number of aromatic nitrogens is 2. The van der Waals surface area contributed by atoms with Gasteiger partial charge < -0.3 is 29.7 Å². The van der Waals surface area contributed by atoms with E-state index in [2.05, 4.69) is 9.97 Å².